The Morgan fingerprint density at radius 3 is 2.67 bits per heavy atom. The number of alkyl halides is 2. The van der Waals surface area contributed by atoms with E-state index in [-0.39, 0.29) is 25.0 Å². The van der Waals surface area contributed by atoms with Gasteiger partial charge in [-0.2, -0.15) is 0 Å². The van der Waals surface area contributed by atoms with E-state index >= 15 is 0 Å². The number of rotatable bonds is 2. The van der Waals surface area contributed by atoms with Crippen LogP contribution in [-0.2, 0) is 0 Å². The van der Waals surface area contributed by atoms with Crippen LogP contribution in [0, 0.1) is 0 Å². The largest absolute Gasteiger partial charge is 0.348 e. The number of aromatic nitrogens is 5. The molecule has 0 bridgehead atoms. The molecule has 0 radical (unpaired) electrons. The van der Waals surface area contributed by atoms with Crippen molar-refractivity contribution in [3.63, 3.8) is 0 Å². The van der Waals surface area contributed by atoms with Gasteiger partial charge in [0.15, 0.2) is 11.3 Å². The number of halogens is 2. The minimum Gasteiger partial charge on any atom is -0.348 e. The first-order valence-corrected chi connectivity index (χ1v) is 6.73. The number of fused-ring (bicyclic) bond motifs is 1. The lowest BCUT2D eigenvalue weighted by Crippen LogP contribution is -2.35. The zero-order valence-electron chi connectivity index (χ0n) is 12.1. The van der Waals surface area contributed by atoms with Crippen molar-refractivity contribution in [2.75, 3.05) is 23.4 Å². The van der Waals surface area contributed by atoms with Crippen LogP contribution >= 0.6 is 0 Å². The van der Waals surface area contributed by atoms with Crippen molar-refractivity contribution in [2.24, 2.45) is 0 Å². The molecule has 3 rings (SSSR count). The number of nitrogens with one attached hydrogen (secondary N) is 1. The Balaban J connectivity index is 1.98. The lowest BCUT2D eigenvalue weighted by Gasteiger charge is -2.21. The van der Waals surface area contributed by atoms with Crippen molar-refractivity contribution in [2.45, 2.75) is 38.7 Å². The molecule has 2 aromatic heterocycles. The Bertz CT molecular complexity index is 661. The number of nitrogens with zero attached hydrogens (tertiary/aromatic N) is 6. The summed E-state index contributed by atoms with van der Waals surface area (Å²) in [6, 6.07) is 0. The second kappa shape index (κ2) is 4.47. The molecule has 21 heavy (non-hydrogen) atoms. The second-order valence-electron chi connectivity index (χ2n) is 6.26. The Hall–Kier alpha value is -2.06. The van der Waals surface area contributed by atoms with Gasteiger partial charge in [0, 0.05) is 18.5 Å². The van der Waals surface area contributed by atoms with Crippen LogP contribution in [0.2, 0.25) is 0 Å². The smallest absolute Gasteiger partial charge is 0.266 e. The molecule has 1 N–H and O–H groups in total. The van der Waals surface area contributed by atoms with Crippen LogP contribution in [-0.4, -0.2) is 49.6 Å². The minimum atomic E-state index is -2.68. The quantitative estimate of drug-likeness (QED) is 0.903. The Labute approximate surface area is 120 Å². The fourth-order valence-electron chi connectivity index (χ4n) is 2.28. The van der Waals surface area contributed by atoms with Gasteiger partial charge < -0.3 is 10.3 Å². The Morgan fingerprint density at radius 2 is 2.05 bits per heavy atom. The maximum atomic E-state index is 13.4. The van der Waals surface area contributed by atoms with Crippen molar-refractivity contribution in [3.05, 3.63) is 6.33 Å². The topological polar surface area (TPSA) is 71.8 Å². The molecule has 0 amide bonds. The van der Waals surface area contributed by atoms with Crippen LogP contribution in [0.3, 0.4) is 0 Å². The first kappa shape index (κ1) is 13.9. The predicted molar refractivity (Wildman–Crippen MR) is 74.0 cm³/mol. The highest BCUT2D eigenvalue weighted by molar-refractivity contribution is 5.82. The van der Waals surface area contributed by atoms with E-state index in [9.17, 15) is 8.78 Å². The molecule has 1 saturated heterocycles. The third-order valence-corrected chi connectivity index (χ3v) is 3.13. The van der Waals surface area contributed by atoms with Crippen molar-refractivity contribution in [1.82, 2.24) is 25.1 Å². The summed E-state index contributed by atoms with van der Waals surface area (Å²) in [5.74, 6) is -2.28. The van der Waals surface area contributed by atoms with E-state index in [1.807, 2.05) is 20.8 Å². The van der Waals surface area contributed by atoms with Crippen LogP contribution in [0.1, 0.15) is 27.2 Å². The van der Waals surface area contributed by atoms with Gasteiger partial charge in [-0.05, 0) is 26.0 Å². The summed E-state index contributed by atoms with van der Waals surface area (Å²) in [5, 5.41) is 8.02. The molecule has 1 aliphatic rings. The summed E-state index contributed by atoms with van der Waals surface area (Å²) >= 11 is 0. The lowest BCUT2D eigenvalue weighted by atomic mass is 10.1. The maximum Gasteiger partial charge on any atom is 0.266 e. The van der Waals surface area contributed by atoms with Gasteiger partial charge in [0.2, 0.25) is 5.65 Å². The van der Waals surface area contributed by atoms with Gasteiger partial charge in [-0.3, -0.25) is 0 Å². The van der Waals surface area contributed by atoms with Gasteiger partial charge in [-0.25, -0.2) is 18.7 Å². The molecule has 0 atom stereocenters. The highest BCUT2D eigenvalue weighted by Crippen LogP contribution is 2.31. The summed E-state index contributed by atoms with van der Waals surface area (Å²) in [6.07, 6.45) is 1.17. The van der Waals surface area contributed by atoms with Crippen LogP contribution in [0.4, 0.5) is 14.6 Å². The van der Waals surface area contributed by atoms with E-state index in [1.165, 1.54) is 16.0 Å². The lowest BCUT2D eigenvalue weighted by molar-refractivity contribution is 0.0257. The van der Waals surface area contributed by atoms with Crippen LogP contribution in [0.25, 0.3) is 11.2 Å². The molecule has 0 aliphatic carbocycles. The number of anilines is 1. The van der Waals surface area contributed by atoms with E-state index in [4.69, 9.17) is 0 Å². The van der Waals surface area contributed by atoms with Crippen LogP contribution < -0.4 is 10.3 Å². The van der Waals surface area contributed by atoms with E-state index in [0.717, 1.165) is 0 Å². The Morgan fingerprint density at radius 1 is 1.29 bits per heavy atom. The number of hydrogen-bond donors (Lipinski definition) is 1. The van der Waals surface area contributed by atoms with Crippen molar-refractivity contribution in [1.29, 1.82) is 0 Å². The molecule has 0 spiro atoms. The third-order valence-electron chi connectivity index (χ3n) is 3.13. The van der Waals surface area contributed by atoms with Crippen molar-refractivity contribution >= 4 is 17.0 Å². The zero-order valence-corrected chi connectivity index (χ0v) is 12.1. The zero-order chi connectivity index (χ0) is 15.3. The normalized spacial score (nSPS) is 18.4. The molecule has 114 valence electrons. The summed E-state index contributed by atoms with van der Waals surface area (Å²) in [7, 11) is 0. The molecular weight excluding hydrogens is 280 g/mol. The SMILES string of the molecule is CC(C)(C)Nn1nnc2c(N3CCC(F)(F)C3)ncnc21. The van der Waals surface area contributed by atoms with Gasteiger partial charge in [0.1, 0.15) is 6.33 Å². The van der Waals surface area contributed by atoms with Gasteiger partial charge in [-0.1, -0.05) is 0 Å². The van der Waals surface area contributed by atoms with E-state index in [0.29, 0.717) is 17.0 Å². The Kier molecular flexibility index (Phi) is 2.96. The van der Waals surface area contributed by atoms with Gasteiger partial charge in [0.25, 0.3) is 5.92 Å². The van der Waals surface area contributed by atoms with E-state index < -0.39 is 5.92 Å². The predicted octanol–water partition coefficient (Wildman–Crippen LogP) is 1.41. The van der Waals surface area contributed by atoms with Crippen LogP contribution in [0.15, 0.2) is 6.33 Å². The average Bonchev–Trinajstić information content (AvgIpc) is 2.91. The molecule has 0 saturated carbocycles. The molecule has 0 unspecified atom stereocenters. The summed E-state index contributed by atoms with van der Waals surface area (Å²) in [4.78, 5) is 11.2. The molecule has 1 fully saturated rings. The molecule has 2 aromatic rings. The highest BCUT2D eigenvalue weighted by atomic mass is 19.3. The second-order valence-corrected chi connectivity index (χ2v) is 6.26. The van der Waals surface area contributed by atoms with E-state index in [1.54, 1.807) is 0 Å². The minimum absolute atomic E-state index is 0.174. The van der Waals surface area contributed by atoms with Crippen LogP contribution in [0.5, 0.6) is 0 Å². The van der Waals surface area contributed by atoms with Gasteiger partial charge >= 0.3 is 0 Å². The standard InChI is InChI=1S/C12H17F2N7/c1-11(2,3)18-21-10-8(17-19-21)9(15-7-16-10)20-5-4-12(13,14)6-20/h7,18H,4-6H2,1-3H3. The maximum absolute atomic E-state index is 13.4. The van der Waals surface area contributed by atoms with Gasteiger partial charge in [0.05, 0.1) is 6.54 Å². The third kappa shape index (κ3) is 2.72. The first-order valence-electron chi connectivity index (χ1n) is 6.73. The molecule has 0 aromatic carbocycles. The fraction of sp³-hybridized carbons (Fsp3) is 0.667. The highest BCUT2D eigenvalue weighted by Gasteiger charge is 2.39. The molecule has 1 aliphatic heterocycles. The summed E-state index contributed by atoms with van der Waals surface area (Å²) in [6.45, 7) is 5.83. The average molecular weight is 297 g/mol. The molecule has 9 heteroatoms. The monoisotopic (exact) mass is 297 g/mol. The number of hydrogen-bond acceptors (Lipinski definition) is 6. The van der Waals surface area contributed by atoms with E-state index in [2.05, 4.69) is 25.7 Å². The van der Waals surface area contributed by atoms with Crippen molar-refractivity contribution in [3.8, 4) is 0 Å². The molecule has 3 heterocycles. The summed E-state index contributed by atoms with van der Waals surface area (Å²) < 4.78 is 26.7. The molecule has 7 nitrogen and oxygen atoms in total. The summed E-state index contributed by atoms with van der Waals surface area (Å²) in [5.41, 5.74) is 3.79. The fourth-order valence-corrected chi connectivity index (χ4v) is 2.28. The van der Waals surface area contributed by atoms with Crippen molar-refractivity contribution < 1.29 is 8.78 Å². The van der Waals surface area contributed by atoms with Gasteiger partial charge in [-0.15, -0.1) is 9.89 Å². The first-order chi connectivity index (χ1) is 9.75. The molecular formula is C12H17F2N7.